The third-order valence-electron chi connectivity index (χ3n) is 1.57. The highest BCUT2D eigenvalue weighted by molar-refractivity contribution is 5.85. The fraction of sp³-hybridized carbons (Fsp3) is 0.125. The van der Waals surface area contributed by atoms with Gasteiger partial charge in [0.1, 0.15) is 0 Å². The van der Waals surface area contributed by atoms with Crippen LogP contribution in [0.15, 0.2) is 29.0 Å². The summed E-state index contributed by atoms with van der Waals surface area (Å²) in [5.41, 5.74) is 3.34. The predicted molar refractivity (Wildman–Crippen MR) is 44.6 cm³/mol. The van der Waals surface area contributed by atoms with Gasteiger partial charge < -0.3 is 4.42 Å². The standard InChI is InChI=1S/C8H8N2O2/c1-11-10-8-7-6(2-4-9-8)3-5-12-7/h2-5H,1H3,(H,9,10). The maximum absolute atomic E-state index is 5.20. The Labute approximate surface area is 69.1 Å². The lowest BCUT2D eigenvalue weighted by atomic mass is 10.3. The number of pyridine rings is 1. The average Bonchev–Trinajstić information content (AvgIpc) is 2.53. The summed E-state index contributed by atoms with van der Waals surface area (Å²) in [6, 6.07) is 3.75. The Morgan fingerprint density at radius 3 is 3.25 bits per heavy atom. The second kappa shape index (κ2) is 2.83. The van der Waals surface area contributed by atoms with Crippen LogP contribution in [0, 0.1) is 0 Å². The van der Waals surface area contributed by atoms with Gasteiger partial charge in [0, 0.05) is 11.6 Å². The second-order valence-corrected chi connectivity index (χ2v) is 2.30. The Morgan fingerprint density at radius 2 is 2.42 bits per heavy atom. The van der Waals surface area contributed by atoms with E-state index < -0.39 is 0 Å². The van der Waals surface area contributed by atoms with Crippen LogP contribution in [-0.4, -0.2) is 12.1 Å². The maximum Gasteiger partial charge on any atom is 0.194 e. The normalized spacial score (nSPS) is 10.4. The van der Waals surface area contributed by atoms with Crippen LogP contribution < -0.4 is 5.48 Å². The number of nitrogens with zero attached hydrogens (tertiary/aromatic N) is 1. The molecule has 62 valence electrons. The fourth-order valence-corrected chi connectivity index (χ4v) is 1.06. The van der Waals surface area contributed by atoms with Crippen molar-refractivity contribution in [2.24, 2.45) is 0 Å². The van der Waals surface area contributed by atoms with Crippen LogP contribution in [0.4, 0.5) is 5.82 Å². The zero-order valence-electron chi connectivity index (χ0n) is 6.57. The monoisotopic (exact) mass is 164 g/mol. The van der Waals surface area contributed by atoms with Crippen LogP contribution in [0.5, 0.6) is 0 Å². The lowest BCUT2D eigenvalue weighted by Crippen LogP contribution is -1.97. The highest BCUT2D eigenvalue weighted by atomic mass is 16.6. The minimum absolute atomic E-state index is 0.597. The molecule has 0 fully saturated rings. The first-order chi connectivity index (χ1) is 5.92. The molecule has 0 unspecified atom stereocenters. The summed E-state index contributed by atoms with van der Waals surface area (Å²) in [6.07, 6.45) is 3.31. The molecule has 0 aliphatic heterocycles. The third kappa shape index (κ3) is 1.02. The van der Waals surface area contributed by atoms with Crippen LogP contribution in [0.3, 0.4) is 0 Å². The number of hydrogen-bond acceptors (Lipinski definition) is 4. The summed E-state index contributed by atoms with van der Waals surface area (Å²) in [7, 11) is 1.53. The van der Waals surface area contributed by atoms with Gasteiger partial charge in [0.2, 0.25) is 0 Å². The molecule has 2 aromatic heterocycles. The SMILES string of the molecule is CONc1nccc2ccoc12. The third-order valence-corrected chi connectivity index (χ3v) is 1.57. The van der Waals surface area contributed by atoms with Gasteiger partial charge in [-0.25, -0.2) is 10.5 Å². The molecular weight excluding hydrogens is 156 g/mol. The molecule has 0 saturated carbocycles. The summed E-state index contributed by atoms with van der Waals surface area (Å²) in [5, 5.41) is 1.00. The predicted octanol–water partition coefficient (Wildman–Crippen LogP) is 1.80. The molecule has 0 aliphatic rings. The van der Waals surface area contributed by atoms with Gasteiger partial charge in [-0.1, -0.05) is 0 Å². The topological polar surface area (TPSA) is 47.3 Å². The van der Waals surface area contributed by atoms with Gasteiger partial charge in [-0.2, -0.15) is 0 Å². The van der Waals surface area contributed by atoms with Gasteiger partial charge in [0.15, 0.2) is 11.4 Å². The van der Waals surface area contributed by atoms with Crippen molar-refractivity contribution >= 4 is 16.8 Å². The Bertz CT molecular complexity index is 383. The number of anilines is 1. The molecule has 2 rings (SSSR count). The van der Waals surface area contributed by atoms with Gasteiger partial charge >= 0.3 is 0 Å². The molecule has 1 N–H and O–H groups in total. The van der Waals surface area contributed by atoms with Crippen LogP contribution in [0.2, 0.25) is 0 Å². The smallest absolute Gasteiger partial charge is 0.194 e. The summed E-state index contributed by atoms with van der Waals surface area (Å²) < 4.78 is 5.20. The van der Waals surface area contributed by atoms with Crippen molar-refractivity contribution in [3.63, 3.8) is 0 Å². The first kappa shape index (κ1) is 7.12. The van der Waals surface area contributed by atoms with Crippen molar-refractivity contribution < 1.29 is 9.25 Å². The average molecular weight is 164 g/mol. The minimum Gasteiger partial charge on any atom is -0.460 e. The Hall–Kier alpha value is -1.55. The van der Waals surface area contributed by atoms with E-state index in [0.717, 1.165) is 5.39 Å². The van der Waals surface area contributed by atoms with Crippen molar-refractivity contribution in [3.8, 4) is 0 Å². The van der Waals surface area contributed by atoms with Crippen molar-refractivity contribution in [3.05, 3.63) is 24.6 Å². The second-order valence-electron chi connectivity index (χ2n) is 2.30. The first-order valence-electron chi connectivity index (χ1n) is 3.53. The number of hydrogen-bond donors (Lipinski definition) is 1. The maximum atomic E-state index is 5.20. The summed E-state index contributed by atoms with van der Waals surface area (Å²) in [4.78, 5) is 8.77. The largest absolute Gasteiger partial charge is 0.460 e. The molecule has 12 heavy (non-hydrogen) atoms. The number of nitrogens with one attached hydrogen (secondary N) is 1. The number of aromatic nitrogens is 1. The van der Waals surface area contributed by atoms with Crippen molar-refractivity contribution in [2.45, 2.75) is 0 Å². The molecule has 4 nitrogen and oxygen atoms in total. The van der Waals surface area contributed by atoms with E-state index in [1.807, 2.05) is 12.1 Å². The Morgan fingerprint density at radius 1 is 1.50 bits per heavy atom. The van der Waals surface area contributed by atoms with Gasteiger partial charge in [0.05, 0.1) is 13.4 Å². The van der Waals surface area contributed by atoms with E-state index in [2.05, 4.69) is 10.5 Å². The molecule has 0 aromatic carbocycles. The Kier molecular flexibility index (Phi) is 1.68. The fourth-order valence-electron chi connectivity index (χ4n) is 1.06. The van der Waals surface area contributed by atoms with Crippen LogP contribution in [0.1, 0.15) is 0 Å². The van der Waals surface area contributed by atoms with E-state index in [1.165, 1.54) is 7.11 Å². The van der Waals surface area contributed by atoms with Gasteiger partial charge in [0.25, 0.3) is 0 Å². The molecule has 0 bridgehead atoms. The summed E-state index contributed by atoms with van der Waals surface area (Å²) in [5.74, 6) is 0.597. The van der Waals surface area contributed by atoms with E-state index in [4.69, 9.17) is 9.25 Å². The highest BCUT2D eigenvalue weighted by Gasteiger charge is 2.03. The molecule has 0 saturated heterocycles. The first-order valence-corrected chi connectivity index (χ1v) is 3.53. The van der Waals surface area contributed by atoms with Crippen molar-refractivity contribution in [1.29, 1.82) is 0 Å². The molecule has 0 radical (unpaired) electrons. The van der Waals surface area contributed by atoms with Gasteiger partial charge in [-0.3, -0.25) is 4.84 Å². The number of fused-ring (bicyclic) bond motifs is 1. The van der Waals surface area contributed by atoms with E-state index in [-0.39, 0.29) is 0 Å². The lowest BCUT2D eigenvalue weighted by molar-refractivity contribution is 0.269. The van der Waals surface area contributed by atoms with Gasteiger partial charge in [-0.05, 0) is 12.1 Å². The molecule has 0 atom stereocenters. The number of rotatable bonds is 2. The van der Waals surface area contributed by atoms with Crippen LogP contribution in [-0.2, 0) is 4.84 Å². The van der Waals surface area contributed by atoms with Crippen LogP contribution in [0.25, 0.3) is 11.0 Å². The van der Waals surface area contributed by atoms with Crippen LogP contribution >= 0.6 is 0 Å². The highest BCUT2D eigenvalue weighted by Crippen LogP contribution is 2.21. The zero-order valence-corrected chi connectivity index (χ0v) is 6.57. The molecule has 0 aliphatic carbocycles. The van der Waals surface area contributed by atoms with E-state index in [0.29, 0.717) is 11.4 Å². The molecule has 2 aromatic rings. The zero-order chi connectivity index (χ0) is 8.39. The summed E-state index contributed by atoms with van der Waals surface area (Å²) in [6.45, 7) is 0. The summed E-state index contributed by atoms with van der Waals surface area (Å²) >= 11 is 0. The molecule has 2 heterocycles. The molecule has 4 heteroatoms. The van der Waals surface area contributed by atoms with Gasteiger partial charge in [-0.15, -0.1) is 0 Å². The minimum atomic E-state index is 0.597. The molecule has 0 amide bonds. The van der Waals surface area contributed by atoms with Crippen molar-refractivity contribution in [1.82, 2.24) is 4.98 Å². The molecule has 0 spiro atoms. The van der Waals surface area contributed by atoms with Crippen molar-refractivity contribution in [2.75, 3.05) is 12.6 Å². The molecular formula is C8H8N2O2. The lowest BCUT2D eigenvalue weighted by Gasteiger charge is -2.00. The number of furan rings is 1. The van der Waals surface area contributed by atoms with E-state index >= 15 is 0 Å². The van der Waals surface area contributed by atoms with E-state index in [1.54, 1.807) is 12.5 Å². The Balaban J connectivity index is 2.57. The quantitative estimate of drug-likeness (QED) is 0.687. The van der Waals surface area contributed by atoms with E-state index in [9.17, 15) is 0 Å².